The number of unbranched alkanes of at least 4 members (excludes halogenated alkanes) is 1. The first-order valence-electron chi connectivity index (χ1n) is 10.1. The van der Waals surface area contributed by atoms with Crippen molar-refractivity contribution in [3.63, 3.8) is 0 Å². The number of hydrogen-bond donors (Lipinski definition) is 1. The first-order valence-corrected chi connectivity index (χ1v) is 11.6. The Morgan fingerprint density at radius 3 is 2.28 bits per heavy atom. The molecule has 0 aliphatic heterocycles. The van der Waals surface area contributed by atoms with Gasteiger partial charge in [-0.05, 0) is 75.9 Å². The summed E-state index contributed by atoms with van der Waals surface area (Å²) in [6.07, 6.45) is 0.644. The van der Waals surface area contributed by atoms with Gasteiger partial charge in [0.2, 0.25) is 10.0 Å². The molecule has 0 radical (unpaired) electrons. The molecular weight excluding hydrogens is 405 g/mol. The van der Waals surface area contributed by atoms with Crippen molar-refractivity contribution in [3.05, 3.63) is 29.8 Å². The van der Waals surface area contributed by atoms with Crippen LogP contribution < -0.4 is 5.32 Å². The molecule has 1 aliphatic rings. The Labute approximate surface area is 171 Å². The van der Waals surface area contributed by atoms with Crippen molar-refractivity contribution < 1.29 is 26.3 Å². The molecule has 1 aromatic rings. The average molecular weight is 437 g/mol. The van der Waals surface area contributed by atoms with Gasteiger partial charge in [0, 0.05) is 19.7 Å². The van der Waals surface area contributed by atoms with Crippen molar-refractivity contribution in [1.29, 1.82) is 0 Å². The van der Waals surface area contributed by atoms with Crippen LogP contribution in [0.2, 0.25) is 0 Å². The molecule has 5 nitrogen and oxygen atoms in total. The van der Waals surface area contributed by atoms with Crippen molar-refractivity contribution in [2.75, 3.05) is 26.7 Å². The van der Waals surface area contributed by atoms with Crippen LogP contribution in [-0.4, -0.2) is 51.6 Å². The summed E-state index contributed by atoms with van der Waals surface area (Å²) in [6, 6.07) is 3.49. The van der Waals surface area contributed by atoms with E-state index in [0.29, 0.717) is 19.4 Å². The third-order valence-corrected chi connectivity index (χ3v) is 7.29. The molecule has 0 heterocycles. The third kappa shape index (κ3) is 6.94. The predicted octanol–water partition coefficient (Wildman–Crippen LogP) is 4.04. The zero-order valence-electron chi connectivity index (χ0n) is 17.0. The fraction of sp³-hybridized carbons (Fsp3) is 0.700. The number of sulfonamides is 1. The standard InChI is InChI=1S/C20H31F3N2O3S/c1-3-24-14-4-5-15-28-18-10-8-17(9-11-18)25(2)29(26,27)19-12-6-16(7-13-19)20(21,22)23/h6-7,12-13,17-18,24H,3-5,8-11,14-15H2,1-2H3. The molecule has 0 spiro atoms. The number of nitrogens with zero attached hydrogens (tertiary/aromatic N) is 1. The molecule has 1 fully saturated rings. The quantitative estimate of drug-likeness (QED) is 0.563. The number of rotatable bonds is 10. The van der Waals surface area contributed by atoms with Crippen LogP contribution in [-0.2, 0) is 20.9 Å². The van der Waals surface area contributed by atoms with E-state index in [-0.39, 0.29) is 17.0 Å². The lowest BCUT2D eigenvalue weighted by Crippen LogP contribution is -2.40. The second kappa shape index (κ2) is 10.7. The third-order valence-electron chi connectivity index (χ3n) is 5.37. The Hall–Kier alpha value is -1.16. The molecule has 1 saturated carbocycles. The van der Waals surface area contributed by atoms with Gasteiger partial charge in [-0.2, -0.15) is 17.5 Å². The highest BCUT2D eigenvalue weighted by Crippen LogP contribution is 2.32. The van der Waals surface area contributed by atoms with Crippen LogP contribution in [0, 0.1) is 0 Å². The molecule has 29 heavy (non-hydrogen) atoms. The molecule has 0 unspecified atom stereocenters. The van der Waals surface area contributed by atoms with Gasteiger partial charge in [-0.3, -0.25) is 0 Å². The smallest absolute Gasteiger partial charge is 0.378 e. The van der Waals surface area contributed by atoms with Crippen molar-refractivity contribution in [2.45, 2.75) is 68.7 Å². The Morgan fingerprint density at radius 1 is 1.10 bits per heavy atom. The van der Waals surface area contributed by atoms with Gasteiger partial charge >= 0.3 is 6.18 Å². The van der Waals surface area contributed by atoms with Gasteiger partial charge in [-0.1, -0.05) is 6.92 Å². The molecule has 1 N–H and O–H groups in total. The van der Waals surface area contributed by atoms with Crippen molar-refractivity contribution in [1.82, 2.24) is 9.62 Å². The minimum Gasteiger partial charge on any atom is -0.378 e. The van der Waals surface area contributed by atoms with E-state index in [2.05, 4.69) is 12.2 Å². The maximum absolute atomic E-state index is 12.8. The number of halogens is 3. The first kappa shape index (κ1) is 24.1. The van der Waals surface area contributed by atoms with E-state index in [0.717, 1.165) is 63.0 Å². The molecule has 0 amide bonds. The zero-order valence-corrected chi connectivity index (χ0v) is 17.9. The first-order chi connectivity index (χ1) is 13.7. The summed E-state index contributed by atoms with van der Waals surface area (Å²) in [5.41, 5.74) is -0.859. The van der Waals surface area contributed by atoms with Crippen LogP contribution >= 0.6 is 0 Å². The lowest BCUT2D eigenvalue weighted by Gasteiger charge is -2.34. The monoisotopic (exact) mass is 436 g/mol. The van der Waals surface area contributed by atoms with Gasteiger partial charge < -0.3 is 10.1 Å². The molecule has 1 aromatic carbocycles. The van der Waals surface area contributed by atoms with Crippen LogP contribution in [0.5, 0.6) is 0 Å². The normalized spacial score (nSPS) is 20.9. The van der Waals surface area contributed by atoms with Crippen molar-refractivity contribution in [2.24, 2.45) is 0 Å². The van der Waals surface area contributed by atoms with Crippen molar-refractivity contribution >= 4 is 10.0 Å². The van der Waals surface area contributed by atoms with Crippen LogP contribution in [0.3, 0.4) is 0 Å². The summed E-state index contributed by atoms with van der Waals surface area (Å²) in [5.74, 6) is 0. The van der Waals surface area contributed by atoms with Crippen LogP contribution in [0.15, 0.2) is 29.2 Å². The highest BCUT2D eigenvalue weighted by molar-refractivity contribution is 7.89. The van der Waals surface area contributed by atoms with E-state index in [4.69, 9.17) is 4.74 Å². The largest absolute Gasteiger partial charge is 0.416 e. The minimum absolute atomic E-state index is 0.118. The maximum Gasteiger partial charge on any atom is 0.416 e. The van der Waals surface area contributed by atoms with Gasteiger partial charge in [0.15, 0.2) is 0 Å². The summed E-state index contributed by atoms with van der Waals surface area (Å²) >= 11 is 0. The Balaban J connectivity index is 1.84. The Kier molecular flexibility index (Phi) is 8.93. The van der Waals surface area contributed by atoms with Gasteiger partial charge in [0.1, 0.15) is 0 Å². The molecule has 0 bridgehead atoms. The minimum atomic E-state index is -4.49. The lowest BCUT2D eigenvalue weighted by molar-refractivity contribution is -0.137. The fourth-order valence-corrected chi connectivity index (χ4v) is 4.95. The predicted molar refractivity (Wildman–Crippen MR) is 106 cm³/mol. The summed E-state index contributed by atoms with van der Waals surface area (Å²) < 4.78 is 70.8. The number of ether oxygens (including phenoxy) is 1. The van der Waals surface area contributed by atoms with E-state index in [1.165, 1.54) is 11.4 Å². The topological polar surface area (TPSA) is 58.6 Å². The zero-order chi connectivity index (χ0) is 21.5. The van der Waals surface area contributed by atoms with Crippen LogP contribution in [0.4, 0.5) is 13.2 Å². The molecule has 0 aromatic heterocycles. The van der Waals surface area contributed by atoms with E-state index in [9.17, 15) is 21.6 Å². The Bertz CT molecular complexity index is 715. The van der Waals surface area contributed by atoms with Gasteiger partial charge in [0.05, 0.1) is 16.6 Å². The van der Waals surface area contributed by atoms with Crippen molar-refractivity contribution in [3.8, 4) is 0 Å². The number of alkyl halides is 3. The SMILES string of the molecule is CCNCCCCOC1CCC(N(C)S(=O)(=O)c2ccc(C(F)(F)F)cc2)CC1. The number of nitrogens with one attached hydrogen (secondary N) is 1. The summed E-state index contributed by atoms with van der Waals surface area (Å²) in [5, 5.41) is 3.27. The molecular formula is C20H31F3N2O3S. The molecule has 9 heteroatoms. The van der Waals surface area contributed by atoms with Crippen LogP contribution in [0.1, 0.15) is 51.0 Å². The van der Waals surface area contributed by atoms with Gasteiger partial charge in [-0.25, -0.2) is 8.42 Å². The molecule has 166 valence electrons. The highest BCUT2D eigenvalue weighted by atomic mass is 32.2. The number of hydrogen-bond acceptors (Lipinski definition) is 4. The van der Waals surface area contributed by atoms with E-state index in [1.54, 1.807) is 0 Å². The fourth-order valence-electron chi connectivity index (χ4n) is 3.53. The second-order valence-electron chi connectivity index (χ2n) is 7.41. The van der Waals surface area contributed by atoms with E-state index in [1.807, 2.05) is 0 Å². The number of benzene rings is 1. The second-order valence-corrected chi connectivity index (χ2v) is 9.40. The molecule has 0 atom stereocenters. The average Bonchev–Trinajstić information content (AvgIpc) is 2.70. The highest BCUT2D eigenvalue weighted by Gasteiger charge is 2.33. The van der Waals surface area contributed by atoms with E-state index < -0.39 is 21.8 Å². The molecule has 0 saturated heterocycles. The molecule has 2 rings (SSSR count). The summed E-state index contributed by atoms with van der Waals surface area (Å²) in [6.45, 7) is 4.73. The van der Waals surface area contributed by atoms with Gasteiger partial charge in [0.25, 0.3) is 0 Å². The van der Waals surface area contributed by atoms with E-state index >= 15 is 0 Å². The maximum atomic E-state index is 12.8. The summed E-state index contributed by atoms with van der Waals surface area (Å²) in [7, 11) is -2.33. The van der Waals surface area contributed by atoms with Gasteiger partial charge in [-0.15, -0.1) is 0 Å². The summed E-state index contributed by atoms with van der Waals surface area (Å²) in [4.78, 5) is -0.118. The molecule has 1 aliphatic carbocycles. The lowest BCUT2D eigenvalue weighted by atomic mass is 9.93. The Morgan fingerprint density at radius 2 is 1.72 bits per heavy atom. The van der Waals surface area contributed by atoms with Crippen LogP contribution in [0.25, 0.3) is 0 Å².